The van der Waals surface area contributed by atoms with Crippen molar-refractivity contribution in [2.75, 3.05) is 36.8 Å². The normalized spacial score (nSPS) is 28.6. The van der Waals surface area contributed by atoms with Crippen LogP contribution in [0.15, 0.2) is 12.1 Å². The van der Waals surface area contributed by atoms with Crippen LogP contribution in [0.5, 0.6) is 0 Å². The summed E-state index contributed by atoms with van der Waals surface area (Å²) < 4.78 is 26.3. The fraction of sp³-hybridized carbons (Fsp3) is 0.750. The van der Waals surface area contributed by atoms with E-state index in [9.17, 15) is 13.5 Å². The summed E-state index contributed by atoms with van der Waals surface area (Å²) in [5.41, 5.74) is 0.0918. The summed E-state index contributed by atoms with van der Waals surface area (Å²) >= 11 is 0. The van der Waals surface area contributed by atoms with E-state index in [1.165, 1.54) is 0 Å². The summed E-state index contributed by atoms with van der Waals surface area (Å²) in [6.07, 6.45) is 1.75. The van der Waals surface area contributed by atoms with Crippen molar-refractivity contribution in [2.24, 2.45) is 5.92 Å². The lowest BCUT2D eigenvalue weighted by molar-refractivity contribution is -0.0689. The van der Waals surface area contributed by atoms with Crippen LogP contribution in [0.4, 0.5) is 5.82 Å². The number of hydrogen-bond donors (Lipinski definition) is 1. The van der Waals surface area contributed by atoms with Gasteiger partial charge in [-0.3, -0.25) is 0 Å². The van der Waals surface area contributed by atoms with E-state index in [1.807, 2.05) is 26.0 Å². The lowest BCUT2D eigenvalue weighted by atomic mass is 9.76. The maximum Gasteiger partial charge on any atom is 0.214 e. The minimum Gasteiger partial charge on any atom is -0.389 e. The van der Waals surface area contributed by atoms with Gasteiger partial charge in [-0.1, -0.05) is 6.92 Å². The predicted molar refractivity (Wildman–Crippen MR) is 92.3 cm³/mol. The highest BCUT2D eigenvalue weighted by Crippen LogP contribution is 2.37. The van der Waals surface area contributed by atoms with Crippen LogP contribution in [-0.4, -0.2) is 65.6 Å². The number of anilines is 1. The molecule has 3 rings (SSSR count). The number of piperidine rings is 2. The standard InChI is InChI=1S/C16H26N4O3S/c1-3-10-24(22,23)20-9-7-16(21)6-8-19(11-14(16)12-20)15-5-4-13(2)17-18-15/h4-5,14,21H,3,6-12H2,1-2H3/t14-,16-/m0/s1. The number of aryl methyl sites for hydroxylation is 1. The largest absolute Gasteiger partial charge is 0.389 e. The van der Waals surface area contributed by atoms with Crippen LogP contribution >= 0.6 is 0 Å². The summed E-state index contributed by atoms with van der Waals surface area (Å²) in [5.74, 6) is 0.858. The smallest absolute Gasteiger partial charge is 0.214 e. The van der Waals surface area contributed by atoms with Gasteiger partial charge in [-0.25, -0.2) is 12.7 Å². The molecule has 2 fully saturated rings. The molecule has 2 saturated heterocycles. The maximum atomic E-state index is 12.4. The molecule has 2 aliphatic rings. The van der Waals surface area contributed by atoms with Crippen LogP contribution in [0.2, 0.25) is 0 Å². The molecule has 1 aromatic rings. The fourth-order valence-electron chi connectivity index (χ4n) is 3.68. The monoisotopic (exact) mass is 354 g/mol. The van der Waals surface area contributed by atoms with Crippen molar-refractivity contribution in [2.45, 2.75) is 38.7 Å². The fourth-order valence-corrected chi connectivity index (χ4v) is 5.23. The molecule has 134 valence electrons. The van der Waals surface area contributed by atoms with Gasteiger partial charge >= 0.3 is 0 Å². The third-order valence-electron chi connectivity index (χ3n) is 5.20. The van der Waals surface area contributed by atoms with Gasteiger partial charge in [0.15, 0.2) is 5.82 Å². The number of sulfonamides is 1. The third-order valence-corrected chi connectivity index (χ3v) is 7.24. The SMILES string of the molecule is CCCS(=O)(=O)N1CC[C@@]2(O)CCN(c3ccc(C)nn3)C[C@H]2C1. The van der Waals surface area contributed by atoms with Crippen molar-refractivity contribution >= 4 is 15.8 Å². The van der Waals surface area contributed by atoms with E-state index in [0.717, 1.165) is 11.5 Å². The molecule has 8 heteroatoms. The second-order valence-electron chi connectivity index (χ2n) is 6.95. The van der Waals surface area contributed by atoms with Crippen molar-refractivity contribution < 1.29 is 13.5 Å². The van der Waals surface area contributed by atoms with Gasteiger partial charge in [-0.2, -0.15) is 5.10 Å². The van der Waals surface area contributed by atoms with Gasteiger partial charge < -0.3 is 10.0 Å². The molecule has 0 aliphatic carbocycles. The minimum atomic E-state index is -3.22. The zero-order chi connectivity index (χ0) is 17.4. The molecule has 0 bridgehead atoms. The van der Waals surface area contributed by atoms with E-state index in [-0.39, 0.29) is 11.7 Å². The second-order valence-corrected chi connectivity index (χ2v) is 9.04. The van der Waals surface area contributed by atoms with E-state index in [0.29, 0.717) is 45.4 Å². The maximum absolute atomic E-state index is 12.4. The topological polar surface area (TPSA) is 86.6 Å². The van der Waals surface area contributed by atoms with Crippen molar-refractivity contribution in [1.82, 2.24) is 14.5 Å². The number of rotatable bonds is 4. The van der Waals surface area contributed by atoms with E-state index >= 15 is 0 Å². The Hall–Kier alpha value is -1.25. The Kier molecular flexibility index (Phi) is 4.81. The van der Waals surface area contributed by atoms with E-state index in [2.05, 4.69) is 15.1 Å². The highest BCUT2D eigenvalue weighted by molar-refractivity contribution is 7.89. The summed E-state index contributed by atoms with van der Waals surface area (Å²) in [7, 11) is -3.22. The molecule has 1 aromatic heterocycles. The number of fused-ring (bicyclic) bond motifs is 1. The second kappa shape index (κ2) is 6.57. The van der Waals surface area contributed by atoms with E-state index in [4.69, 9.17) is 0 Å². The molecule has 0 aromatic carbocycles. The molecule has 0 radical (unpaired) electrons. The van der Waals surface area contributed by atoms with Crippen LogP contribution in [0.3, 0.4) is 0 Å². The average Bonchev–Trinajstić information content (AvgIpc) is 2.54. The number of aliphatic hydroxyl groups is 1. The van der Waals surface area contributed by atoms with Crippen LogP contribution in [-0.2, 0) is 10.0 Å². The number of hydrogen-bond acceptors (Lipinski definition) is 6. The molecule has 0 amide bonds. The lowest BCUT2D eigenvalue weighted by Crippen LogP contribution is -2.61. The quantitative estimate of drug-likeness (QED) is 0.860. The Bertz CT molecular complexity index is 679. The van der Waals surface area contributed by atoms with Crippen molar-refractivity contribution in [1.29, 1.82) is 0 Å². The zero-order valence-electron chi connectivity index (χ0n) is 14.3. The molecule has 0 saturated carbocycles. The van der Waals surface area contributed by atoms with Gasteiger partial charge in [0.2, 0.25) is 10.0 Å². The molecule has 0 spiro atoms. The van der Waals surface area contributed by atoms with E-state index in [1.54, 1.807) is 4.31 Å². The van der Waals surface area contributed by atoms with Gasteiger partial charge in [0, 0.05) is 32.1 Å². The van der Waals surface area contributed by atoms with Gasteiger partial charge in [-0.15, -0.1) is 5.10 Å². The lowest BCUT2D eigenvalue weighted by Gasteiger charge is -2.50. The van der Waals surface area contributed by atoms with Gasteiger partial charge in [-0.05, 0) is 38.3 Å². The highest BCUT2D eigenvalue weighted by atomic mass is 32.2. The Morgan fingerprint density at radius 2 is 2.00 bits per heavy atom. The summed E-state index contributed by atoms with van der Waals surface area (Å²) in [4.78, 5) is 2.10. The summed E-state index contributed by atoms with van der Waals surface area (Å²) in [6.45, 7) is 5.88. The molecule has 1 N–H and O–H groups in total. The summed E-state index contributed by atoms with van der Waals surface area (Å²) in [6, 6.07) is 3.85. The zero-order valence-corrected chi connectivity index (χ0v) is 15.2. The average molecular weight is 354 g/mol. The van der Waals surface area contributed by atoms with Crippen LogP contribution in [0.25, 0.3) is 0 Å². The van der Waals surface area contributed by atoms with Crippen LogP contribution in [0.1, 0.15) is 31.9 Å². The number of aromatic nitrogens is 2. The molecule has 2 aliphatic heterocycles. The number of nitrogens with zero attached hydrogens (tertiary/aromatic N) is 4. The Labute approximate surface area is 143 Å². The van der Waals surface area contributed by atoms with Crippen LogP contribution in [0, 0.1) is 12.8 Å². The van der Waals surface area contributed by atoms with Gasteiger partial charge in [0.1, 0.15) is 0 Å². The minimum absolute atomic E-state index is 0.102. The molecular formula is C16H26N4O3S. The first-order chi connectivity index (χ1) is 11.3. The third kappa shape index (κ3) is 3.41. The summed E-state index contributed by atoms with van der Waals surface area (Å²) in [5, 5.41) is 19.2. The first-order valence-corrected chi connectivity index (χ1v) is 10.2. The predicted octanol–water partition coefficient (Wildman–Crippen LogP) is 0.788. The van der Waals surface area contributed by atoms with Crippen molar-refractivity contribution in [3.05, 3.63) is 17.8 Å². The molecule has 3 heterocycles. The molecule has 7 nitrogen and oxygen atoms in total. The van der Waals surface area contributed by atoms with Crippen molar-refractivity contribution in [3.8, 4) is 0 Å². The molecule has 24 heavy (non-hydrogen) atoms. The molecule has 0 unspecified atom stereocenters. The molecule has 2 atom stereocenters. The van der Waals surface area contributed by atoms with Crippen molar-refractivity contribution in [3.63, 3.8) is 0 Å². The first-order valence-electron chi connectivity index (χ1n) is 8.59. The molecular weight excluding hydrogens is 328 g/mol. The van der Waals surface area contributed by atoms with Gasteiger partial charge in [0.05, 0.1) is 17.0 Å². The first kappa shape index (κ1) is 17.6. The van der Waals surface area contributed by atoms with Crippen LogP contribution < -0.4 is 4.90 Å². The Morgan fingerprint density at radius 3 is 2.67 bits per heavy atom. The Balaban J connectivity index is 1.75. The highest BCUT2D eigenvalue weighted by Gasteiger charge is 2.47. The van der Waals surface area contributed by atoms with Gasteiger partial charge in [0.25, 0.3) is 0 Å². The Morgan fingerprint density at radius 1 is 1.25 bits per heavy atom. The van der Waals surface area contributed by atoms with E-state index < -0.39 is 15.6 Å².